The third-order valence-corrected chi connectivity index (χ3v) is 6.97. The van der Waals surface area contributed by atoms with Gasteiger partial charge in [0.15, 0.2) is 0 Å². The zero-order valence-corrected chi connectivity index (χ0v) is 21.0. The molecule has 5 N–H and O–H groups in total. The molecule has 1 aliphatic rings. The van der Waals surface area contributed by atoms with E-state index in [1.54, 1.807) is 23.7 Å². The molecular weight excluding hydrogens is 494 g/mol. The number of benzene rings is 3. The maximum absolute atomic E-state index is 13.2. The number of rotatable bonds is 9. The number of hydroxylamine groups is 1. The minimum Gasteiger partial charge on any atom is -0.390 e. The normalized spacial score (nSPS) is 17.5. The van der Waals surface area contributed by atoms with E-state index in [9.17, 15) is 23.1 Å². The molecule has 2 amide bonds. The summed E-state index contributed by atoms with van der Waals surface area (Å²) in [6, 6.07) is 21.3. The predicted octanol–water partition coefficient (Wildman–Crippen LogP) is 2.55. The number of aliphatic hydroxyl groups is 1. The van der Waals surface area contributed by atoms with Crippen LogP contribution in [0.2, 0.25) is 0 Å². The van der Waals surface area contributed by atoms with Gasteiger partial charge in [-0.25, -0.2) is 13.9 Å². The second-order valence-electron chi connectivity index (χ2n) is 9.25. The second kappa shape index (κ2) is 11.1. The Hall–Kier alpha value is -3.73. The molecule has 0 aromatic heterocycles. The fourth-order valence-electron chi connectivity index (χ4n) is 4.64. The SMILES string of the molecule is CS(=O)(=O)Nc1cccc(-c2ccc(C[C@@H](CC(=O)NO)C(=O)N[C@H]3c4ccccc4C[C@H]3O)cc2)c1. The van der Waals surface area contributed by atoms with Gasteiger partial charge in [0.05, 0.1) is 24.3 Å². The number of anilines is 1. The molecule has 9 nitrogen and oxygen atoms in total. The Balaban J connectivity index is 1.49. The quantitative estimate of drug-likeness (QED) is 0.215. The molecule has 0 saturated heterocycles. The van der Waals surface area contributed by atoms with Crippen LogP contribution in [-0.4, -0.2) is 42.9 Å². The molecule has 4 rings (SSSR count). The third-order valence-electron chi connectivity index (χ3n) is 6.36. The van der Waals surface area contributed by atoms with Crippen LogP contribution in [0.25, 0.3) is 11.1 Å². The molecule has 0 heterocycles. The number of nitrogens with one attached hydrogen (secondary N) is 3. The topological polar surface area (TPSA) is 145 Å². The number of amides is 2. The summed E-state index contributed by atoms with van der Waals surface area (Å²) in [5, 5.41) is 22.4. The van der Waals surface area contributed by atoms with E-state index >= 15 is 0 Å². The highest BCUT2D eigenvalue weighted by Crippen LogP contribution is 2.32. The Morgan fingerprint density at radius 3 is 2.43 bits per heavy atom. The van der Waals surface area contributed by atoms with E-state index in [-0.39, 0.29) is 12.8 Å². The lowest BCUT2D eigenvalue weighted by molar-refractivity contribution is -0.135. The summed E-state index contributed by atoms with van der Waals surface area (Å²) in [6.07, 6.45) is 0.768. The van der Waals surface area contributed by atoms with E-state index in [0.29, 0.717) is 12.1 Å². The van der Waals surface area contributed by atoms with Gasteiger partial charge in [0, 0.05) is 18.5 Å². The van der Waals surface area contributed by atoms with Crippen LogP contribution < -0.4 is 15.5 Å². The summed E-state index contributed by atoms with van der Waals surface area (Å²) in [6.45, 7) is 0. The van der Waals surface area contributed by atoms with Crippen molar-refractivity contribution in [3.8, 4) is 11.1 Å². The lowest BCUT2D eigenvalue weighted by Crippen LogP contribution is -2.40. The number of hydrogen-bond donors (Lipinski definition) is 5. The zero-order valence-electron chi connectivity index (χ0n) is 20.2. The Bertz CT molecular complexity index is 1390. The first-order chi connectivity index (χ1) is 17.6. The number of fused-ring (bicyclic) bond motifs is 1. The summed E-state index contributed by atoms with van der Waals surface area (Å²) in [7, 11) is -3.40. The standard InChI is InChI=1S/C27H29N3O6S/c1-37(35,36)30-22-7-4-6-19(14-22)18-11-9-17(10-12-18)13-21(16-25(32)29-34)27(33)28-26-23-8-3-2-5-20(23)15-24(26)31/h2-12,14,21,24,26,30-31,34H,13,15-16H2,1H3,(H,28,33)(H,29,32)/t21-,24+,26-/m0/s1. The highest BCUT2D eigenvalue weighted by atomic mass is 32.2. The van der Waals surface area contributed by atoms with Gasteiger partial charge in [0.2, 0.25) is 21.8 Å². The highest BCUT2D eigenvalue weighted by Gasteiger charge is 2.34. The molecule has 0 spiro atoms. The fourth-order valence-corrected chi connectivity index (χ4v) is 5.20. The average molecular weight is 524 g/mol. The summed E-state index contributed by atoms with van der Waals surface area (Å²) >= 11 is 0. The van der Waals surface area contributed by atoms with Crippen LogP contribution in [0.5, 0.6) is 0 Å². The molecule has 0 radical (unpaired) electrons. The molecule has 3 aromatic carbocycles. The molecule has 0 fully saturated rings. The maximum atomic E-state index is 13.2. The number of aliphatic hydroxyl groups excluding tert-OH is 1. The van der Waals surface area contributed by atoms with E-state index in [2.05, 4.69) is 10.0 Å². The Labute approximate surface area is 215 Å². The molecule has 37 heavy (non-hydrogen) atoms. The van der Waals surface area contributed by atoms with Crippen LogP contribution in [0, 0.1) is 5.92 Å². The van der Waals surface area contributed by atoms with Gasteiger partial charge in [-0.2, -0.15) is 0 Å². The Kier molecular flexibility index (Phi) is 7.91. The van der Waals surface area contributed by atoms with Gasteiger partial charge < -0.3 is 10.4 Å². The van der Waals surface area contributed by atoms with Gasteiger partial charge in [-0.1, -0.05) is 60.7 Å². The van der Waals surface area contributed by atoms with Crippen molar-refractivity contribution >= 4 is 27.5 Å². The van der Waals surface area contributed by atoms with Crippen LogP contribution >= 0.6 is 0 Å². The summed E-state index contributed by atoms with van der Waals surface area (Å²) in [5.41, 5.74) is 6.32. The van der Waals surface area contributed by atoms with E-state index < -0.39 is 39.9 Å². The van der Waals surface area contributed by atoms with Crippen molar-refractivity contribution in [1.29, 1.82) is 0 Å². The number of carbonyl (C=O) groups excluding carboxylic acids is 2. The van der Waals surface area contributed by atoms with Crippen molar-refractivity contribution in [2.45, 2.75) is 31.4 Å². The molecule has 10 heteroatoms. The van der Waals surface area contributed by atoms with Gasteiger partial charge in [0.25, 0.3) is 0 Å². The van der Waals surface area contributed by atoms with Crippen molar-refractivity contribution < 1.29 is 28.3 Å². The van der Waals surface area contributed by atoms with E-state index in [1.165, 1.54) is 0 Å². The van der Waals surface area contributed by atoms with Gasteiger partial charge in [0.1, 0.15) is 0 Å². The van der Waals surface area contributed by atoms with Crippen molar-refractivity contribution in [3.63, 3.8) is 0 Å². The summed E-state index contributed by atoms with van der Waals surface area (Å²) < 4.78 is 25.5. The largest absolute Gasteiger partial charge is 0.390 e. The third kappa shape index (κ3) is 6.73. The minimum absolute atomic E-state index is 0.228. The molecule has 0 bridgehead atoms. The summed E-state index contributed by atoms with van der Waals surface area (Å²) in [5.74, 6) is -1.85. The van der Waals surface area contributed by atoms with Crippen molar-refractivity contribution in [1.82, 2.24) is 10.8 Å². The molecule has 0 aliphatic heterocycles. The monoisotopic (exact) mass is 523 g/mol. The highest BCUT2D eigenvalue weighted by molar-refractivity contribution is 7.92. The molecule has 1 aliphatic carbocycles. The van der Waals surface area contributed by atoms with E-state index in [4.69, 9.17) is 5.21 Å². The van der Waals surface area contributed by atoms with Gasteiger partial charge in [-0.3, -0.25) is 19.5 Å². The second-order valence-corrected chi connectivity index (χ2v) is 11.0. The van der Waals surface area contributed by atoms with Gasteiger partial charge in [-0.15, -0.1) is 0 Å². The van der Waals surface area contributed by atoms with Crippen LogP contribution in [-0.2, 0) is 32.5 Å². The smallest absolute Gasteiger partial charge is 0.244 e. The van der Waals surface area contributed by atoms with E-state index in [0.717, 1.165) is 34.1 Å². The lowest BCUT2D eigenvalue weighted by Gasteiger charge is -2.22. The van der Waals surface area contributed by atoms with Gasteiger partial charge in [-0.05, 0) is 46.4 Å². The first-order valence-electron chi connectivity index (χ1n) is 11.8. The Morgan fingerprint density at radius 1 is 1.00 bits per heavy atom. The number of carbonyl (C=O) groups is 2. The van der Waals surface area contributed by atoms with Gasteiger partial charge >= 0.3 is 0 Å². The van der Waals surface area contributed by atoms with Crippen LogP contribution in [0.4, 0.5) is 5.69 Å². The Morgan fingerprint density at radius 2 is 1.73 bits per heavy atom. The van der Waals surface area contributed by atoms with Crippen LogP contribution in [0.3, 0.4) is 0 Å². The molecule has 3 atom stereocenters. The molecule has 0 saturated carbocycles. The van der Waals surface area contributed by atoms with Crippen molar-refractivity contribution in [2.75, 3.05) is 11.0 Å². The average Bonchev–Trinajstić information content (AvgIpc) is 3.17. The van der Waals surface area contributed by atoms with Crippen LogP contribution in [0.1, 0.15) is 29.2 Å². The predicted molar refractivity (Wildman–Crippen MR) is 139 cm³/mol. The number of sulfonamides is 1. The molecule has 0 unspecified atom stereocenters. The minimum atomic E-state index is -3.40. The van der Waals surface area contributed by atoms with Crippen molar-refractivity contribution in [2.24, 2.45) is 5.92 Å². The maximum Gasteiger partial charge on any atom is 0.244 e. The van der Waals surface area contributed by atoms with Crippen molar-refractivity contribution in [3.05, 3.63) is 89.5 Å². The fraction of sp³-hybridized carbons (Fsp3) is 0.259. The number of hydrogen-bond acceptors (Lipinski definition) is 6. The first kappa shape index (κ1) is 26.3. The first-order valence-corrected chi connectivity index (χ1v) is 13.7. The van der Waals surface area contributed by atoms with E-state index in [1.807, 2.05) is 54.6 Å². The van der Waals surface area contributed by atoms with Crippen LogP contribution in [0.15, 0.2) is 72.8 Å². The summed E-state index contributed by atoms with van der Waals surface area (Å²) in [4.78, 5) is 25.2. The zero-order chi connectivity index (χ0) is 26.6. The molecular formula is C27H29N3O6S. The lowest BCUT2D eigenvalue weighted by atomic mass is 9.93. The molecule has 194 valence electrons. The molecule has 3 aromatic rings.